The first-order valence-corrected chi connectivity index (χ1v) is 11.6. The monoisotopic (exact) mass is 442 g/mol. The van der Waals surface area contributed by atoms with Crippen LogP contribution >= 0.6 is 0 Å². The number of piperidine rings is 1. The van der Waals surface area contributed by atoms with Gasteiger partial charge in [-0.05, 0) is 51.4 Å². The molecule has 1 unspecified atom stereocenters. The van der Waals surface area contributed by atoms with Gasteiger partial charge in [0.1, 0.15) is 0 Å². The molecule has 0 aliphatic carbocycles. The molecule has 1 N–H and O–H groups in total. The minimum absolute atomic E-state index is 0.00167. The molecule has 3 amide bonds. The second-order valence-electron chi connectivity index (χ2n) is 10.5. The van der Waals surface area contributed by atoms with Crippen LogP contribution in [0.5, 0.6) is 0 Å². The second-order valence-corrected chi connectivity index (χ2v) is 10.5. The van der Waals surface area contributed by atoms with E-state index in [-0.39, 0.29) is 41.4 Å². The number of amides is 3. The molecule has 1 aromatic carbocycles. The fourth-order valence-corrected chi connectivity index (χ4v) is 4.85. The van der Waals surface area contributed by atoms with Crippen LogP contribution in [-0.4, -0.2) is 74.3 Å². The number of nitrogens with one attached hydrogen (secondary N) is 1. The third-order valence-corrected chi connectivity index (χ3v) is 6.48. The van der Waals surface area contributed by atoms with Crippen LogP contribution in [-0.2, 0) is 14.4 Å². The predicted molar refractivity (Wildman–Crippen MR) is 126 cm³/mol. The molecule has 0 spiro atoms. The lowest BCUT2D eigenvalue weighted by atomic mass is 9.91. The summed E-state index contributed by atoms with van der Waals surface area (Å²) in [4.78, 5) is 43.9. The molecule has 0 bridgehead atoms. The van der Waals surface area contributed by atoms with E-state index in [9.17, 15) is 14.4 Å². The summed E-state index contributed by atoms with van der Waals surface area (Å²) >= 11 is 0. The molecule has 3 rings (SSSR count). The highest BCUT2D eigenvalue weighted by Gasteiger charge is 2.38. The first-order valence-electron chi connectivity index (χ1n) is 11.6. The average molecular weight is 443 g/mol. The summed E-state index contributed by atoms with van der Waals surface area (Å²) in [5, 5.41) is 3.11. The highest BCUT2D eigenvalue weighted by Crippen LogP contribution is 2.28. The van der Waals surface area contributed by atoms with Crippen LogP contribution in [0.2, 0.25) is 0 Å². The molecule has 176 valence electrons. The summed E-state index contributed by atoms with van der Waals surface area (Å²) in [7, 11) is 4.07. The number of anilines is 1. The maximum absolute atomic E-state index is 13.1. The molecule has 7 heteroatoms. The Hall–Kier alpha value is -2.41. The molecular formula is C25H38N4O3. The highest BCUT2D eigenvalue weighted by molar-refractivity contribution is 6.00. The Morgan fingerprint density at radius 3 is 2.31 bits per heavy atom. The average Bonchev–Trinajstić information content (AvgIpc) is 3.13. The predicted octanol–water partition coefficient (Wildman–Crippen LogP) is 2.29. The molecular weight excluding hydrogens is 404 g/mol. The second kappa shape index (κ2) is 10.0. The topological polar surface area (TPSA) is 73.0 Å². The van der Waals surface area contributed by atoms with Crippen molar-refractivity contribution in [2.24, 2.45) is 17.3 Å². The zero-order valence-corrected chi connectivity index (χ0v) is 20.2. The van der Waals surface area contributed by atoms with Crippen molar-refractivity contribution in [3.8, 4) is 0 Å². The minimum Gasteiger partial charge on any atom is -0.355 e. The molecule has 2 aliphatic rings. The lowest BCUT2D eigenvalue weighted by Gasteiger charge is -2.34. The number of carbonyl (C=O) groups excluding carboxylic acids is 3. The summed E-state index contributed by atoms with van der Waals surface area (Å²) in [6.45, 7) is 9.44. The van der Waals surface area contributed by atoms with Gasteiger partial charge < -0.3 is 20.0 Å². The van der Waals surface area contributed by atoms with Gasteiger partial charge in [0.25, 0.3) is 0 Å². The van der Waals surface area contributed by atoms with Gasteiger partial charge in [-0.1, -0.05) is 31.5 Å². The van der Waals surface area contributed by atoms with Crippen molar-refractivity contribution in [1.29, 1.82) is 0 Å². The molecule has 0 aromatic heterocycles. The van der Waals surface area contributed by atoms with Crippen molar-refractivity contribution in [3.05, 3.63) is 29.8 Å². The van der Waals surface area contributed by atoms with E-state index in [0.29, 0.717) is 39.0 Å². The van der Waals surface area contributed by atoms with Gasteiger partial charge in [0, 0.05) is 50.7 Å². The van der Waals surface area contributed by atoms with Crippen LogP contribution in [0.1, 0.15) is 38.7 Å². The summed E-state index contributed by atoms with van der Waals surface area (Å²) in [5.41, 5.74) is 2.00. The van der Waals surface area contributed by atoms with E-state index >= 15 is 0 Å². The zero-order chi connectivity index (χ0) is 23.5. The van der Waals surface area contributed by atoms with Crippen molar-refractivity contribution in [2.45, 2.75) is 40.0 Å². The Kier molecular flexibility index (Phi) is 7.59. The number of hydrogen-bond donors (Lipinski definition) is 1. The first-order chi connectivity index (χ1) is 15.1. The molecule has 32 heavy (non-hydrogen) atoms. The SMILES string of the molecule is Cc1ccc(N2CC(C(=O)N3CCC(C(=O)NCC(C)(C)CN(C)C)CC3)CC2=O)cc1. The van der Waals surface area contributed by atoms with Gasteiger partial charge in [0.05, 0.1) is 5.92 Å². The van der Waals surface area contributed by atoms with Gasteiger partial charge in [-0.15, -0.1) is 0 Å². The van der Waals surface area contributed by atoms with Crippen molar-refractivity contribution < 1.29 is 14.4 Å². The smallest absolute Gasteiger partial charge is 0.228 e. The Labute approximate surface area is 192 Å². The van der Waals surface area contributed by atoms with Gasteiger partial charge in [-0.3, -0.25) is 14.4 Å². The normalized spacial score (nSPS) is 20.2. The lowest BCUT2D eigenvalue weighted by molar-refractivity contribution is -0.139. The number of carbonyl (C=O) groups is 3. The largest absolute Gasteiger partial charge is 0.355 e. The van der Waals surface area contributed by atoms with Crippen LogP contribution < -0.4 is 10.2 Å². The third-order valence-electron chi connectivity index (χ3n) is 6.48. The Morgan fingerprint density at radius 1 is 1.09 bits per heavy atom. The van der Waals surface area contributed by atoms with Crippen molar-refractivity contribution in [2.75, 3.05) is 51.7 Å². The van der Waals surface area contributed by atoms with Crippen molar-refractivity contribution >= 4 is 23.4 Å². The van der Waals surface area contributed by atoms with Gasteiger partial charge in [0.2, 0.25) is 17.7 Å². The quantitative estimate of drug-likeness (QED) is 0.703. The van der Waals surface area contributed by atoms with Gasteiger partial charge in [0.15, 0.2) is 0 Å². The number of rotatable bonds is 7. The van der Waals surface area contributed by atoms with Crippen molar-refractivity contribution in [1.82, 2.24) is 15.1 Å². The number of aryl methyl sites for hydroxylation is 1. The van der Waals surface area contributed by atoms with E-state index in [2.05, 4.69) is 24.1 Å². The molecule has 2 aliphatic heterocycles. The molecule has 1 atom stereocenters. The molecule has 2 heterocycles. The Morgan fingerprint density at radius 2 is 1.72 bits per heavy atom. The summed E-state index contributed by atoms with van der Waals surface area (Å²) in [6.07, 6.45) is 1.61. The minimum atomic E-state index is -0.305. The van der Waals surface area contributed by atoms with Crippen LogP contribution in [0.3, 0.4) is 0 Å². The molecule has 7 nitrogen and oxygen atoms in total. The molecule has 0 saturated carbocycles. The lowest BCUT2D eigenvalue weighted by Crippen LogP contribution is -2.47. The van der Waals surface area contributed by atoms with E-state index in [4.69, 9.17) is 0 Å². The van der Waals surface area contributed by atoms with E-state index in [1.165, 1.54) is 0 Å². The van der Waals surface area contributed by atoms with E-state index in [1.54, 1.807) is 4.90 Å². The zero-order valence-electron chi connectivity index (χ0n) is 20.2. The first kappa shape index (κ1) is 24.2. The van der Waals surface area contributed by atoms with Crippen LogP contribution in [0.15, 0.2) is 24.3 Å². The van der Waals surface area contributed by atoms with Crippen molar-refractivity contribution in [3.63, 3.8) is 0 Å². The number of benzene rings is 1. The van der Waals surface area contributed by atoms with Gasteiger partial charge >= 0.3 is 0 Å². The maximum Gasteiger partial charge on any atom is 0.228 e. The molecule has 2 fully saturated rings. The fraction of sp³-hybridized carbons (Fsp3) is 0.640. The molecule has 0 radical (unpaired) electrons. The van der Waals surface area contributed by atoms with E-state index in [0.717, 1.165) is 17.8 Å². The number of nitrogens with zero attached hydrogens (tertiary/aromatic N) is 3. The summed E-state index contributed by atoms with van der Waals surface area (Å²) in [6, 6.07) is 7.83. The molecule has 2 saturated heterocycles. The highest BCUT2D eigenvalue weighted by atomic mass is 16.2. The van der Waals surface area contributed by atoms with Gasteiger partial charge in [-0.2, -0.15) is 0 Å². The van der Waals surface area contributed by atoms with E-state index < -0.39 is 0 Å². The summed E-state index contributed by atoms with van der Waals surface area (Å²) in [5.74, 6) is -0.226. The van der Waals surface area contributed by atoms with E-state index in [1.807, 2.05) is 50.2 Å². The number of hydrogen-bond acceptors (Lipinski definition) is 4. The standard InChI is InChI=1S/C25H38N4O3/c1-18-6-8-21(9-7-18)29-15-20(14-22(29)30)24(32)28-12-10-19(11-13-28)23(31)26-16-25(2,3)17-27(4)5/h6-9,19-20H,10-17H2,1-5H3,(H,26,31). The Balaban J connectivity index is 1.47. The Bertz CT molecular complexity index is 826. The van der Waals surface area contributed by atoms with Crippen LogP contribution in [0, 0.1) is 24.2 Å². The van der Waals surface area contributed by atoms with Crippen LogP contribution in [0.4, 0.5) is 5.69 Å². The summed E-state index contributed by atoms with van der Waals surface area (Å²) < 4.78 is 0. The van der Waals surface area contributed by atoms with Crippen LogP contribution in [0.25, 0.3) is 0 Å². The maximum atomic E-state index is 13.1. The fourth-order valence-electron chi connectivity index (χ4n) is 4.85. The van der Waals surface area contributed by atoms with Gasteiger partial charge in [-0.25, -0.2) is 0 Å². The number of likely N-dealkylation sites (tertiary alicyclic amines) is 1. The third kappa shape index (κ3) is 6.09. The molecule has 1 aromatic rings.